The zero-order valence-electron chi connectivity index (χ0n) is 14.8. The van der Waals surface area contributed by atoms with Gasteiger partial charge in [-0.25, -0.2) is 14.6 Å². The number of hydrogen-bond donors (Lipinski definition) is 1. The van der Waals surface area contributed by atoms with Gasteiger partial charge in [-0.1, -0.05) is 41.6 Å². The van der Waals surface area contributed by atoms with E-state index in [0.717, 1.165) is 11.3 Å². The predicted octanol–water partition coefficient (Wildman–Crippen LogP) is 2.87. The molecule has 0 radical (unpaired) electrons. The first-order chi connectivity index (χ1) is 13.7. The van der Waals surface area contributed by atoms with Crippen LogP contribution in [0.15, 0.2) is 51.9 Å². The van der Waals surface area contributed by atoms with E-state index in [0.29, 0.717) is 22.8 Å². The van der Waals surface area contributed by atoms with E-state index in [1.165, 1.54) is 35.0 Å². The first kappa shape index (κ1) is 18.3. The van der Waals surface area contributed by atoms with Crippen LogP contribution in [0.4, 0.5) is 5.13 Å². The lowest BCUT2D eigenvalue weighted by atomic mass is 10.1. The first-order valence-corrected chi connectivity index (χ1v) is 10.1. The van der Waals surface area contributed by atoms with Crippen molar-refractivity contribution in [2.75, 3.05) is 11.1 Å². The zero-order valence-corrected chi connectivity index (χ0v) is 16.4. The average Bonchev–Trinajstić information content (AvgIpc) is 3.44. The molecule has 1 N–H and O–H groups in total. The van der Waals surface area contributed by atoms with Crippen molar-refractivity contribution in [1.82, 2.24) is 29.9 Å². The second kappa shape index (κ2) is 8.31. The topological polar surface area (TPSA) is 112 Å². The van der Waals surface area contributed by atoms with Crippen LogP contribution in [0.1, 0.15) is 11.5 Å². The van der Waals surface area contributed by atoms with Crippen molar-refractivity contribution in [3.63, 3.8) is 0 Å². The third kappa shape index (κ3) is 4.61. The largest absolute Gasteiger partial charge is 0.414 e. The number of hydrogen-bond acceptors (Lipinski definition) is 9. The van der Waals surface area contributed by atoms with Crippen LogP contribution in [-0.4, -0.2) is 41.6 Å². The van der Waals surface area contributed by atoms with E-state index in [2.05, 4.69) is 30.6 Å². The SMILES string of the molecule is Cc1ccc(-c2csc(NC(=O)CSc3nnc(Cn4cncn4)o3)n2)cc1. The standard InChI is InChI=1S/C17H15N7O2S2/c1-11-2-4-12(5-3-11)13-7-27-16(20-13)21-14(25)8-28-17-23-22-15(26-17)6-24-10-18-9-19-24/h2-5,7,9-10H,6,8H2,1H3,(H,20,21,25). The highest BCUT2D eigenvalue weighted by atomic mass is 32.2. The number of benzene rings is 1. The highest BCUT2D eigenvalue weighted by Gasteiger charge is 2.12. The predicted molar refractivity (Wildman–Crippen MR) is 105 cm³/mol. The van der Waals surface area contributed by atoms with E-state index in [-0.39, 0.29) is 11.7 Å². The van der Waals surface area contributed by atoms with Crippen molar-refractivity contribution in [3.05, 3.63) is 53.8 Å². The Morgan fingerprint density at radius 2 is 2.14 bits per heavy atom. The summed E-state index contributed by atoms with van der Waals surface area (Å²) < 4.78 is 7.06. The third-order valence-electron chi connectivity index (χ3n) is 3.64. The quantitative estimate of drug-likeness (QED) is 0.460. The maximum Gasteiger partial charge on any atom is 0.277 e. The van der Waals surface area contributed by atoms with Gasteiger partial charge >= 0.3 is 0 Å². The molecule has 0 saturated heterocycles. The van der Waals surface area contributed by atoms with Crippen molar-refractivity contribution in [2.24, 2.45) is 0 Å². The van der Waals surface area contributed by atoms with E-state index in [1.807, 2.05) is 36.6 Å². The highest BCUT2D eigenvalue weighted by Crippen LogP contribution is 2.25. The number of carbonyl (C=O) groups excluding carboxylic acids is 1. The Kier molecular flexibility index (Phi) is 5.44. The minimum absolute atomic E-state index is 0.143. The molecule has 4 aromatic rings. The summed E-state index contributed by atoms with van der Waals surface area (Å²) in [5.74, 6) is 0.353. The Bertz CT molecular complexity index is 1060. The second-order valence-electron chi connectivity index (χ2n) is 5.80. The van der Waals surface area contributed by atoms with Crippen LogP contribution in [0, 0.1) is 6.92 Å². The van der Waals surface area contributed by atoms with Gasteiger partial charge in [0, 0.05) is 10.9 Å². The molecule has 0 aliphatic rings. The number of anilines is 1. The van der Waals surface area contributed by atoms with Gasteiger partial charge in [0.05, 0.1) is 11.4 Å². The fourth-order valence-corrected chi connectivity index (χ4v) is 3.60. The number of thiazole rings is 1. The van der Waals surface area contributed by atoms with Gasteiger partial charge in [0.2, 0.25) is 11.8 Å². The molecule has 0 aliphatic carbocycles. The van der Waals surface area contributed by atoms with Crippen LogP contribution < -0.4 is 5.32 Å². The van der Waals surface area contributed by atoms with Crippen molar-refractivity contribution < 1.29 is 9.21 Å². The molecule has 3 heterocycles. The van der Waals surface area contributed by atoms with Crippen LogP contribution in [0.3, 0.4) is 0 Å². The Balaban J connectivity index is 1.29. The molecule has 142 valence electrons. The lowest BCUT2D eigenvalue weighted by Crippen LogP contribution is -2.13. The van der Waals surface area contributed by atoms with Crippen LogP contribution >= 0.6 is 23.1 Å². The molecule has 11 heteroatoms. The lowest BCUT2D eigenvalue weighted by Gasteiger charge is -2.00. The van der Waals surface area contributed by atoms with Gasteiger partial charge in [-0.05, 0) is 6.92 Å². The Hall–Kier alpha value is -3.05. The number of aryl methyl sites for hydroxylation is 1. The van der Waals surface area contributed by atoms with Gasteiger partial charge in [0.25, 0.3) is 5.22 Å². The number of nitrogens with one attached hydrogen (secondary N) is 1. The first-order valence-electron chi connectivity index (χ1n) is 8.26. The molecule has 0 saturated carbocycles. The normalized spacial score (nSPS) is 10.9. The molecular formula is C17H15N7O2S2. The van der Waals surface area contributed by atoms with E-state index in [4.69, 9.17) is 4.42 Å². The molecule has 0 bridgehead atoms. The van der Waals surface area contributed by atoms with Crippen LogP contribution in [0.25, 0.3) is 11.3 Å². The smallest absolute Gasteiger partial charge is 0.277 e. The van der Waals surface area contributed by atoms with Crippen LogP contribution in [-0.2, 0) is 11.3 Å². The van der Waals surface area contributed by atoms with Gasteiger partial charge in [-0.15, -0.1) is 21.5 Å². The van der Waals surface area contributed by atoms with Gasteiger partial charge < -0.3 is 9.73 Å². The fraction of sp³-hybridized carbons (Fsp3) is 0.176. The number of amides is 1. The maximum atomic E-state index is 12.2. The van der Waals surface area contributed by atoms with Crippen molar-refractivity contribution >= 4 is 34.1 Å². The summed E-state index contributed by atoms with van der Waals surface area (Å²) in [7, 11) is 0. The molecule has 28 heavy (non-hydrogen) atoms. The zero-order chi connectivity index (χ0) is 19.3. The summed E-state index contributed by atoms with van der Waals surface area (Å²) in [6.07, 6.45) is 2.99. The maximum absolute atomic E-state index is 12.2. The molecule has 0 spiro atoms. The minimum atomic E-state index is -0.189. The molecular weight excluding hydrogens is 398 g/mol. The summed E-state index contributed by atoms with van der Waals surface area (Å²) in [5.41, 5.74) is 3.04. The number of carbonyl (C=O) groups is 1. The second-order valence-corrected chi connectivity index (χ2v) is 7.58. The summed E-state index contributed by atoms with van der Waals surface area (Å²) in [4.78, 5) is 20.5. The molecule has 3 aromatic heterocycles. The molecule has 4 rings (SSSR count). The molecule has 1 aromatic carbocycles. The molecule has 0 unspecified atom stereocenters. The van der Waals surface area contributed by atoms with E-state index in [9.17, 15) is 4.79 Å². The Morgan fingerprint density at radius 3 is 2.93 bits per heavy atom. The van der Waals surface area contributed by atoms with E-state index >= 15 is 0 Å². The number of thioether (sulfide) groups is 1. The summed E-state index contributed by atoms with van der Waals surface area (Å²) in [5, 5.41) is 17.4. The summed E-state index contributed by atoms with van der Waals surface area (Å²) in [6, 6.07) is 8.09. The van der Waals surface area contributed by atoms with Gasteiger partial charge in [-0.2, -0.15) is 5.10 Å². The van der Waals surface area contributed by atoms with Crippen LogP contribution in [0.2, 0.25) is 0 Å². The lowest BCUT2D eigenvalue weighted by molar-refractivity contribution is -0.113. The number of nitrogens with zero attached hydrogens (tertiary/aromatic N) is 6. The molecule has 9 nitrogen and oxygen atoms in total. The van der Waals surface area contributed by atoms with E-state index < -0.39 is 0 Å². The summed E-state index contributed by atoms with van der Waals surface area (Å²) in [6.45, 7) is 2.37. The number of rotatable bonds is 7. The Labute approximate surface area is 168 Å². The monoisotopic (exact) mass is 413 g/mol. The van der Waals surface area contributed by atoms with Gasteiger partial charge in [0.15, 0.2) is 5.13 Å². The van der Waals surface area contributed by atoms with Gasteiger partial charge in [-0.3, -0.25) is 4.79 Å². The highest BCUT2D eigenvalue weighted by molar-refractivity contribution is 7.99. The molecule has 0 atom stereocenters. The Morgan fingerprint density at radius 1 is 1.29 bits per heavy atom. The van der Waals surface area contributed by atoms with Gasteiger partial charge in [0.1, 0.15) is 19.2 Å². The average molecular weight is 413 g/mol. The van der Waals surface area contributed by atoms with Crippen molar-refractivity contribution in [3.8, 4) is 11.3 Å². The summed E-state index contributed by atoms with van der Waals surface area (Å²) >= 11 is 2.55. The third-order valence-corrected chi connectivity index (χ3v) is 5.21. The van der Waals surface area contributed by atoms with Crippen molar-refractivity contribution in [2.45, 2.75) is 18.7 Å². The fourth-order valence-electron chi connectivity index (χ4n) is 2.28. The van der Waals surface area contributed by atoms with Crippen LogP contribution in [0.5, 0.6) is 0 Å². The van der Waals surface area contributed by atoms with Crippen molar-refractivity contribution in [1.29, 1.82) is 0 Å². The molecule has 0 fully saturated rings. The minimum Gasteiger partial charge on any atom is -0.414 e. The molecule has 0 aliphatic heterocycles. The van der Waals surface area contributed by atoms with E-state index in [1.54, 1.807) is 11.0 Å². The number of aromatic nitrogens is 6. The molecule has 1 amide bonds.